The summed E-state index contributed by atoms with van der Waals surface area (Å²) in [6.07, 6.45) is 1.14. The van der Waals surface area contributed by atoms with E-state index in [0.717, 1.165) is 13.0 Å². The van der Waals surface area contributed by atoms with Gasteiger partial charge in [0.2, 0.25) is 0 Å². The van der Waals surface area contributed by atoms with Gasteiger partial charge in [0.1, 0.15) is 0 Å². The molecule has 1 atom stereocenters. The standard InChI is InChI=1S/C20H27N/c1-5-21-19(15-20(2,3)4)18-13-11-17(12-14-18)16-9-7-6-8-10-16/h6-14,19,21H,5,15H2,1-4H3. The maximum absolute atomic E-state index is 3.61. The Hall–Kier alpha value is -1.60. The summed E-state index contributed by atoms with van der Waals surface area (Å²) in [5, 5.41) is 3.61. The van der Waals surface area contributed by atoms with E-state index in [2.05, 4.69) is 87.6 Å². The Morgan fingerprint density at radius 2 is 1.43 bits per heavy atom. The van der Waals surface area contributed by atoms with Crippen LogP contribution in [0.1, 0.15) is 45.7 Å². The molecule has 2 rings (SSSR count). The summed E-state index contributed by atoms with van der Waals surface area (Å²) in [5.41, 5.74) is 4.27. The molecule has 0 fully saturated rings. The number of hydrogen-bond donors (Lipinski definition) is 1. The van der Waals surface area contributed by atoms with Gasteiger partial charge in [-0.05, 0) is 35.1 Å². The van der Waals surface area contributed by atoms with Crippen molar-refractivity contribution in [1.82, 2.24) is 5.32 Å². The molecule has 0 aromatic heterocycles. The molecule has 0 aliphatic rings. The fraction of sp³-hybridized carbons (Fsp3) is 0.400. The van der Waals surface area contributed by atoms with E-state index in [1.165, 1.54) is 16.7 Å². The van der Waals surface area contributed by atoms with Gasteiger partial charge in [-0.15, -0.1) is 0 Å². The van der Waals surface area contributed by atoms with Gasteiger partial charge < -0.3 is 5.32 Å². The largest absolute Gasteiger partial charge is 0.310 e. The molecule has 2 aromatic rings. The molecule has 0 saturated heterocycles. The van der Waals surface area contributed by atoms with Crippen LogP contribution in [0.2, 0.25) is 0 Å². The highest BCUT2D eigenvalue weighted by molar-refractivity contribution is 5.63. The fourth-order valence-corrected chi connectivity index (χ4v) is 2.71. The molecule has 0 saturated carbocycles. The Labute approximate surface area is 129 Å². The maximum Gasteiger partial charge on any atom is 0.0325 e. The lowest BCUT2D eigenvalue weighted by Gasteiger charge is -2.27. The summed E-state index contributed by atoms with van der Waals surface area (Å²) in [6, 6.07) is 20.0. The number of benzene rings is 2. The molecule has 1 N–H and O–H groups in total. The molecule has 1 nitrogen and oxygen atoms in total. The minimum atomic E-state index is 0.324. The van der Waals surface area contributed by atoms with Crippen molar-refractivity contribution in [1.29, 1.82) is 0 Å². The zero-order valence-corrected chi connectivity index (χ0v) is 13.7. The van der Waals surface area contributed by atoms with Gasteiger partial charge in [0.05, 0.1) is 0 Å². The number of rotatable bonds is 5. The Morgan fingerprint density at radius 1 is 0.857 bits per heavy atom. The van der Waals surface area contributed by atoms with E-state index in [9.17, 15) is 0 Å². The van der Waals surface area contributed by atoms with Crippen LogP contribution in [0.4, 0.5) is 0 Å². The van der Waals surface area contributed by atoms with Crippen LogP contribution < -0.4 is 5.32 Å². The van der Waals surface area contributed by atoms with Crippen LogP contribution in [0.3, 0.4) is 0 Å². The van der Waals surface area contributed by atoms with Crippen LogP contribution in [0, 0.1) is 5.41 Å². The fourth-order valence-electron chi connectivity index (χ4n) is 2.71. The molecule has 0 heterocycles. The van der Waals surface area contributed by atoms with Gasteiger partial charge in [0.25, 0.3) is 0 Å². The van der Waals surface area contributed by atoms with Gasteiger partial charge in [-0.25, -0.2) is 0 Å². The van der Waals surface area contributed by atoms with E-state index in [4.69, 9.17) is 0 Å². The second-order valence-corrected chi connectivity index (χ2v) is 6.86. The molecule has 0 radical (unpaired) electrons. The molecule has 0 bridgehead atoms. The lowest BCUT2D eigenvalue weighted by atomic mass is 9.85. The number of nitrogens with one attached hydrogen (secondary N) is 1. The lowest BCUT2D eigenvalue weighted by molar-refractivity contribution is 0.314. The van der Waals surface area contributed by atoms with Gasteiger partial charge in [0.15, 0.2) is 0 Å². The van der Waals surface area contributed by atoms with E-state index in [-0.39, 0.29) is 0 Å². The first-order chi connectivity index (χ1) is 9.99. The number of hydrogen-bond acceptors (Lipinski definition) is 1. The van der Waals surface area contributed by atoms with E-state index >= 15 is 0 Å². The molecule has 0 amide bonds. The smallest absolute Gasteiger partial charge is 0.0325 e. The highest BCUT2D eigenvalue weighted by Gasteiger charge is 2.19. The zero-order valence-electron chi connectivity index (χ0n) is 13.7. The van der Waals surface area contributed by atoms with E-state index in [1.54, 1.807) is 0 Å². The predicted molar refractivity (Wildman–Crippen MR) is 92.4 cm³/mol. The first-order valence-electron chi connectivity index (χ1n) is 7.88. The van der Waals surface area contributed by atoms with Crippen molar-refractivity contribution in [2.24, 2.45) is 5.41 Å². The molecular weight excluding hydrogens is 254 g/mol. The molecule has 1 heteroatoms. The van der Waals surface area contributed by atoms with Gasteiger partial charge >= 0.3 is 0 Å². The highest BCUT2D eigenvalue weighted by atomic mass is 14.9. The maximum atomic E-state index is 3.61. The van der Waals surface area contributed by atoms with Crippen molar-refractivity contribution in [3.05, 3.63) is 60.2 Å². The van der Waals surface area contributed by atoms with Gasteiger partial charge in [-0.2, -0.15) is 0 Å². The highest BCUT2D eigenvalue weighted by Crippen LogP contribution is 2.30. The average molecular weight is 281 g/mol. The second-order valence-electron chi connectivity index (χ2n) is 6.86. The van der Waals surface area contributed by atoms with Crippen molar-refractivity contribution in [3.63, 3.8) is 0 Å². The van der Waals surface area contributed by atoms with Crippen molar-refractivity contribution in [2.45, 2.75) is 40.2 Å². The molecule has 0 aliphatic carbocycles. The average Bonchev–Trinajstić information content (AvgIpc) is 2.47. The van der Waals surface area contributed by atoms with Crippen LogP contribution in [0.5, 0.6) is 0 Å². The third-order valence-electron chi connectivity index (χ3n) is 3.69. The third-order valence-corrected chi connectivity index (χ3v) is 3.69. The van der Waals surface area contributed by atoms with Crippen LogP contribution >= 0.6 is 0 Å². The van der Waals surface area contributed by atoms with E-state index < -0.39 is 0 Å². The monoisotopic (exact) mass is 281 g/mol. The SMILES string of the molecule is CCNC(CC(C)(C)C)c1ccc(-c2ccccc2)cc1. The summed E-state index contributed by atoms with van der Waals surface area (Å²) in [7, 11) is 0. The Balaban J connectivity index is 2.19. The lowest BCUT2D eigenvalue weighted by Crippen LogP contribution is -2.25. The minimum absolute atomic E-state index is 0.324. The van der Waals surface area contributed by atoms with Gasteiger partial charge in [0, 0.05) is 6.04 Å². The predicted octanol–water partition coefficient (Wildman–Crippen LogP) is 5.44. The van der Waals surface area contributed by atoms with Crippen molar-refractivity contribution < 1.29 is 0 Å². The molecule has 0 spiro atoms. The summed E-state index contributed by atoms with van der Waals surface area (Å²) in [6.45, 7) is 10.1. The first-order valence-corrected chi connectivity index (χ1v) is 7.88. The molecule has 0 aliphatic heterocycles. The van der Waals surface area contributed by atoms with Crippen LogP contribution in [0.25, 0.3) is 11.1 Å². The van der Waals surface area contributed by atoms with Crippen molar-refractivity contribution in [2.75, 3.05) is 6.54 Å². The third kappa shape index (κ3) is 4.71. The summed E-state index contributed by atoms with van der Waals surface area (Å²) < 4.78 is 0. The van der Waals surface area contributed by atoms with Crippen LogP contribution in [-0.2, 0) is 0 Å². The minimum Gasteiger partial charge on any atom is -0.310 e. The topological polar surface area (TPSA) is 12.0 Å². The first kappa shape index (κ1) is 15.8. The molecule has 2 aromatic carbocycles. The summed E-state index contributed by atoms with van der Waals surface area (Å²) >= 11 is 0. The van der Waals surface area contributed by atoms with Crippen molar-refractivity contribution in [3.8, 4) is 11.1 Å². The quantitative estimate of drug-likeness (QED) is 0.769. The summed E-state index contributed by atoms with van der Waals surface area (Å²) in [5.74, 6) is 0. The summed E-state index contributed by atoms with van der Waals surface area (Å²) in [4.78, 5) is 0. The molecule has 112 valence electrons. The Kier molecular flexibility index (Phi) is 5.19. The van der Waals surface area contributed by atoms with Gasteiger partial charge in [-0.1, -0.05) is 82.3 Å². The molecule has 1 unspecified atom stereocenters. The Bertz CT molecular complexity index is 534. The molecular formula is C20H27N. The van der Waals surface area contributed by atoms with E-state index in [0.29, 0.717) is 11.5 Å². The van der Waals surface area contributed by atoms with Crippen molar-refractivity contribution >= 4 is 0 Å². The van der Waals surface area contributed by atoms with Crippen LogP contribution in [-0.4, -0.2) is 6.54 Å². The normalized spacial score (nSPS) is 13.1. The van der Waals surface area contributed by atoms with E-state index in [1.807, 2.05) is 0 Å². The Morgan fingerprint density at radius 3 is 1.95 bits per heavy atom. The van der Waals surface area contributed by atoms with Crippen LogP contribution in [0.15, 0.2) is 54.6 Å². The zero-order chi connectivity index (χ0) is 15.3. The van der Waals surface area contributed by atoms with Gasteiger partial charge in [-0.3, -0.25) is 0 Å². The second kappa shape index (κ2) is 6.91. The molecule has 21 heavy (non-hydrogen) atoms.